The summed E-state index contributed by atoms with van der Waals surface area (Å²) < 4.78 is 11.0. The molecule has 0 spiro atoms. The molecule has 1 N–H and O–H groups in total. The predicted molar refractivity (Wildman–Crippen MR) is 83.1 cm³/mol. The van der Waals surface area contributed by atoms with E-state index in [1.54, 1.807) is 23.7 Å². The number of benzene rings is 1. The summed E-state index contributed by atoms with van der Waals surface area (Å²) in [5.74, 6) is 1.13. The lowest BCUT2D eigenvalue weighted by atomic mass is 10.3. The van der Waals surface area contributed by atoms with Gasteiger partial charge in [-0.3, -0.25) is 10.1 Å². The highest BCUT2D eigenvalue weighted by Gasteiger charge is 2.05. The van der Waals surface area contributed by atoms with Gasteiger partial charge in [0.2, 0.25) is 0 Å². The van der Waals surface area contributed by atoms with Crippen LogP contribution < -0.4 is 14.8 Å². The molecule has 5 nitrogen and oxygen atoms in total. The van der Waals surface area contributed by atoms with E-state index >= 15 is 0 Å². The molecule has 0 aliphatic carbocycles. The Labute approximate surface area is 127 Å². The minimum Gasteiger partial charge on any atom is -0.493 e. The molecule has 0 fully saturated rings. The highest BCUT2D eigenvalue weighted by Crippen LogP contribution is 2.19. The fourth-order valence-electron chi connectivity index (χ4n) is 1.58. The number of amides is 1. The number of aromatic nitrogens is 1. The molecule has 6 heteroatoms. The fraction of sp³-hybridized carbons (Fsp3) is 0.333. The quantitative estimate of drug-likeness (QED) is 0.760. The van der Waals surface area contributed by atoms with Gasteiger partial charge >= 0.3 is 0 Å². The molecule has 2 aromatic rings. The average Bonchev–Trinajstić information content (AvgIpc) is 2.99. The van der Waals surface area contributed by atoms with Crippen molar-refractivity contribution in [3.05, 3.63) is 35.8 Å². The van der Waals surface area contributed by atoms with Gasteiger partial charge in [0.15, 0.2) is 11.7 Å². The number of hydrogen-bond acceptors (Lipinski definition) is 5. The molecule has 0 radical (unpaired) electrons. The van der Waals surface area contributed by atoms with Crippen LogP contribution in [0, 0.1) is 0 Å². The topological polar surface area (TPSA) is 60.5 Å². The van der Waals surface area contributed by atoms with E-state index in [0.29, 0.717) is 17.5 Å². The van der Waals surface area contributed by atoms with Crippen LogP contribution in [0.2, 0.25) is 0 Å². The summed E-state index contributed by atoms with van der Waals surface area (Å²) >= 11 is 1.37. The predicted octanol–water partition coefficient (Wildman–Crippen LogP) is 3.34. The zero-order valence-electron chi connectivity index (χ0n) is 11.9. The van der Waals surface area contributed by atoms with Crippen molar-refractivity contribution in [2.24, 2.45) is 0 Å². The van der Waals surface area contributed by atoms with Gasteiger partial charge in [0, 0.05) is 17.6 Å². The van der Waals surface area contributed by atoms with E-state index in [-0.39, 0.29) is 12.5 Å². The smallest absolute Gasteiger partial charge is 0.264 e. The lowest BCUT2D eigenvalue weighted by molar-refractivity contribution is -0.118. The number of unbranched alkanes of at least 4 members (excludes halogenated alkanes) is 1. The van der Waals surface area contributed by atoms with Crippen LogP contribution in [-0.2, 0) is 4.79 Å². The Balaban J connectivity index is 1.79. The number of anilines is 1. The van der Waals surface area contributed by atoms with E-state index in [1.165, 1.54) is 11.3 Å². The Morgan fingerprint density at radius 3 is 2.86 bits per heavy atom. The molecule has 112 valence electrons. The largest absolute Gasteiger partial charge is 0.493 e. The van der Waals surface area contributed by atoms with Crippen LogP contribution in [0.25, 0.3) is 0 Å². The zero-order chi connectivity index (χ0) is 14.9. The van der Waals surface area contributed by atoms with Crippen molar-refractivity contribution in [3.63, 3.8) is 0 Å². The molecule has 0 aliphatic heterocycles. The molecule has 21 heavy (non-hydrogen) atoms. The molecule has 1 amide bonds. The maximum Gasteiger partial charge on any atom is 0.264 e. The average molecular weight is 306 g/mol. The minimum absolute atomic E-state index is 0.0575. The Hall–Kier alpha value is -2.08. The van der Waals surface area contributed by atoms with Crippen LogP contribution in [0.3, 0.4) is 0 Å². The van der Waals surface area contributed by atoms with Gasteiger partial charge in [-0.25, -0.2) is 4.98 Å². The van der Waals surface area contributed by atoms with E-state index in [1.807, 2.05) is 12.1 Å². The monoisotopic (exact) mass is 306 g/mol. The first-order valence-electron chi connectivity index (χ1n) is 6.83. The maximum atomic E-state index is 11.7. The van der Waals surface area contributed by atoms with Crippen LogP contribution in [-0.4, -0.2) is 24.1 Å². The van der Waals surface area contributed by atoms with E-state index in [9.17, 15) is 4.79 Å². The number of thiazole rings is 1. The summed E-state index contributed by atoms with van der Waals surface area (Å²) in [5, 5.41) is 5.03. The summed E-state index contributed by atoms with van der Waals surface area (Å²) in [4.78, 5) is 15.7. The van der Waals surface area contributed by atoms with Gasteiger partial charge in [-0.1, -0.05) is 19.4 Å². The van der Waals surface area contributed by atoms with E-state index < -0.39 is 0 Å². The highest BCUT2D eigenvalue weighted by molar-refractivity contribution is 7.13. The molecule has 0 saturated carbocycles. The molecule has 1 heterocycles. The van der Waals surface area contributed by atoms with Crippen molar-refractivity contribution in [2.75, 3.05) is 18.5 Å². The molecular formula is C15H18N2O3S. The SMILES string of the molecule is CCCCOc1cccc(OCC(=O)Nc2nccs2)c1. The number of rotatable bonds is 8. The Morgan fingerprint density at radius 2 is 2.14 bits per heavy atom. The number of hydrogen-bond donors (Lipinski definition) is 1. The summed E-state index contributed by atoms with van der Waals surface area (Å²) in [6, 6.07) is 7.29. The van der Waals surface area contributed by atoms with Gasteiger partial charge in [-0.15, -0.1) is 11.3 Å². The third-order valence-corrected chi connectivity index (χ3v) is 3.31. The molecule has 0 aliphatic rings. The first-order valence-corrected chi connectivity index (χ1v) is 7.71. The van der Waals surface area contributed by atoms with E-state index in [2.05, 4.69) is 17.2 Å². The lowest BCUT2D eigenvalue weighted by Gasteiger charge is -2.09. The van der Waals surface area contributed by atoms with Gasteiger partial charge in [-0.2, -0.15) is 0 Å². The molecule has 1 aromatic heterocycles. The Bertz CT molecular complexity index is 558. The maximum absolute atomic E-state index is 11.7. The first-order chi connectivity index (χ1) is 10.3. The zero-order valence-corrected chi connectivity index (χ0v) is 12.7. The second-order valence-corrected chi connectivity index (χ2v) is 5.25. The van der Waals surface area contributed by atoms with Crippen LogP contribution in [0.15, 0.2) is 35.8 Å². The molecule has 1 aromatic carbocycles. The minimum atomic E-state index is -0.234. The van der Waals surface area contributed by atoms with Crippen molar-refractivity contribution < 1.29 is 14.3 Å². The summed E-state index contributed by atoms with van der Waals surface area (Å²) in [5.41, 5.74) is 0. The van der Waals surface area contributed by atoms with Gasteiger partial charge in [0.05, 0.1) is 6.61 Å². The van der Waals surface area contributed by atoms with Crippen molar-refractivity contribution in [2.45, 2.75) is 19.8 Å². The molecule has 2 rings (SSSR count). The second kappa shape index (κ2) is 8.26. The number of ether oxygens (including phenoxy) is 2. The highest BCUT2D eigenvalue weighted by atomic mass is 32.1. The molecule has 0 unspecified atom stereocenters. The van der Waals surface area contributed by atoms with Crippen LogP contribution in [0.5, 0.6) is 11.5 Å². The standard InChI is InChI=1S/C15H18N2O3S/c1-2-3-8-19-12-5-4-6-13(10-12)20-11-14(18)17-15-16-7-9-21-15/h4-7,9-10H,2-3,8,11H2,1H3,(H,16,17,18). The van der Waals surface area contributed by atoms with Gasteiger partial charge in [0.25, 0.3) is 5.91 Å². The second-order valence-electron chi connectivity index (χ2n) is 4.35. The van der Waals surface area contributed by atoms with Gasteiger partial charge in [0.1, 0.15) is 11.5 Å². The van der Waals surface area contributed by atoms with Crippen LogP contribution in [0.1, 0.15) is 19.8 Å². The Morgan fingerprint density at radius 1 is 1.33 bits per heavy atom. The molecule has 0 saturated heterocycles. The van der Waals surface area contributed by atoms with Crippen molar-refractivity contribution in [1.82, 2.24) is 4.98 Å². The molecule has 0 atom stereocenters. The van der Waals surface area contributed by atoms with Gasteiger partial charge in [-0.05, 0) is 18.6 Å². The first kappa shape index (κ1) is 15.3. The normalized spacial score (nSPS) is 10.1. The fourth-order valence-corrected chi connectivity index (χ4v) is 2.12. The summed E-state index contributed by atoms with van der Waals surface area (Å²) in [6.07, 6.45) is 3.74. The van der Waals surface area contributed by atoms with E-state index in [0.717, 1.165) is 18.6 Å². The van der Waals surface area contributed by atoms with Crippen molar-refractivity contribution >= 4 is 22.4 Å². The molecular weight excluding hydrogens is 288 g/mol. The summed E-state index contributed by atoms with van der Waals surface area (Å²) in [6.45, 7) is 2.74. The van der Waals surface area contributed by atoms with Crippen molar-refractivity contribution in [3.8, 4) is 11.5 Å². The van der Waals surface area contributed by atoms with E-state index in [4.69, 9.17) is 9.47 Å². The number of carbonyl (C=O) groups excluding carboxylic acids is 1. The number of carbonyl (C=O) groups is 1. The van der Waals surface area contributed by atoms with Crippen LogP contribution >= 0.6 is 11.3 Å². The number of nitrogens with one attached hydrogen (secondary N) is 1. The molecule has 0 bridgehead atoms. The third-order valence-electron chi connectivity index (χ3n) is 2.62. The lowest BCUT2D eigenvalue weighted by Crippen LogP contribution is -2.19. The third kappa shape index (κ3) is 5.43. The Kier molecular flexibility index (Phi) is 6.02. The van der Waals surface area contributed by atoms with Gasteiger partial charge < -0.3 is 9.47 Å². The van der Waals surface area contributed by atoms with Crippen molar-refractivity contribution in [1.29, 1.82) is 0 Å². The number of nitrogens with zero attached hydrogens (tertiary/aromatic N) is 1. The van der Waals surface area contributed by atoms with Crippen LogP contribution in [0.4, 0.5) is 5.13 Å². The summed E-state index contributed by atoms with van der Waals surface area (Å²) in [7, 11) is 0.